The number of rotatable bonds is 3. The van der Waals surface area contributed by atoms with Crippen molar-refractivity contribution in [3.8, 4) is 0 Å². The third-order valence-electron chi connectivity index (χ3n) is 3.67. The van der Waals surface area contributed by atoms with Crippen LogP contribution in [-0.2, 0) is 10.0 Å². The molecule has 2 rings (SSSR count). The van der Waals surface area contributed by atoms with Crippen molar-refractivity contribution in [3.05, 3.63) is 28.5 Å². The summed E-state index contributed by atoms with van der Waals surface area (Å²) in [6, 6.07) is 1.82. The lowest BCUT2D eigenvalue weighted by molar-refractivity contribution is 0.0733. The first-order valence-corrected chi connectivity index (χ1v) is 8.51. The Morgan fingerprint density at radius 1 is 1.52 bits per heavy atom. The highest BCUT2D eigenvalue weighted by Gasteiger charge is 2.30. The zero-order valence-corrected chi connectivity index (χ0v) is 13.0. The van der Waals surface area contributed by atoms with E-state index in [1.165, 1.54) is 0 Å². The average molecular weight is 335 g/mol. The highest BCUT2D eigenvalue weighted by Crippen LogP contribution is 2.28. The third-order valence-corrected chi connectivity index (χ3v) is 4.91. The summed E-state index contributed by atoms with van der Waals surface area (Å²) in [5.74, 6) is -1.46. The SMILES string of the molecule is CCC1CCCN1C(=O)c1cc(S(N)(=O)=O)c(F)cc1Cl. The largest absolute Gasteiger partial charge is 0.336 e. The van der Waals surface area contributed by atoms with E-state index in [-0.39, 0.29) is 16.6 Å². The second kappa shape index (κ2) is 5.90. The van der Waals surface area contributed by atoms with Gasteiger partial charge in [0.05, 0.1) is 10.6 Å². The standard InChI is InChI=1S/C13H16ClFN2O3S/c1-2-8-4-3-5-17(8)13(18)9-6-12(21(16,19)20)11(15)7-10(9)14/h6-8H,2-5H2,1H3,(H2,16,19,20). The van der Waals surface area contributed by atoms with Gasteiger partial charge in [0, 0.05) is 12.6 Å². The van der Waals surface area contributed by atoms with Crippen LogP contribution in [0, 0.1) is 5.82 Å². The second-order valence-electron chi connectivity index (χ2n) is 5.01. The van der Waals surface area contributed by atoms with Crippen LogP contribution in [0.1, 0.15) is 36.5 Å². The quantitative estimate of drug-likeness (QED) is 0.919. The van der Waals surface area contributed by atoms with Crippen LogP contribution in [0.2, 0.25) is 5.02 Å². The fourth-order valence-electron chi connectivity index (χ4n) is 2.59. The molecule has 1 aromatic carbocycles. The van der Waals surface area contributed by atoms with Gasteiger partial charge in [-0.15, -0.1) is 0 Å². The molecule has 0 saturated carbocycles. The summed E-state index contributed by atoms with van der Waals surface area (Å²) in [5, 5.41) is 4.83. The Balaban J connectivity index is 2.46. The first-order valence-electron chi connectivity index (χ1n) is 6.58. The van der Waals surface area contributed by atoms with Crippen LogP contribution in [0.3, 0.4) is 0 Å². The summed E-state index contributed by atoms with van der Waals surface area (Å²) in [6.07, 6.45) is 2.57. The van der Waals surface area contributed by atoms with Crippen molar-refractivity contribution < 1.29 is 17.6 Å². The van der Waals surface area contributed by atoms with Crippen molar-refractivity contribution in [3.63, 3.8) is 0 Å². The first kappa shape index (κ1) is 16.2. The van der Waals surface area contributed by atoms with Crippen LogP contribution in [0.4, 0.5) is 4.39 Å². The number of hydrogen-bond acceptors (Lipinski definition) is 3. The molecule has 1 heterocycles. The Morgan fingerprint density at radius 3 is 2.76 bits per heavy atom. The zero-order chi connectivity index (χ0) is 15.8. The number of sulfonamides is 1. The molecular weight excluding hydrogens is 319 g/mol. The summed E-state index contributed by atoms with van der Waals surface area (Å²) in [7, 11) is -4.25. The minimum absolute atomic E-state index is 0.0394. The molecule has 8 heteroatoms. The molecule has 1 aromatic rings. The molecule has 1 amide bonds. The maximum absolute atomic E-state index is 13.6. The Bertz CT molecular complexity index is 678. The number of primary sulfonamides is 1. The highest BCUT2D eigenvalue weighted by atomic mass is 35.5. The molecule has 1 saturated heterocycles. The second-order valence-corrected chi connectivity index (χ2v) is 6.95. The summed E-state index contributed by atoms with van der Waals surface area (Å²) < 4.78 is 36.3. The van der Waals surface area contributed by atoms with Gasteiger partial charge in [-0.25, -0.2) is 17.9 Å². The Labute approximate surface area is 127 Å². The van der Waals surface area contributed by atoms with Gasteiger partial charge in [-0.3, -0.25) is 4.79 Å². The minimum Gasteiger partial charge on any atom is -0.336 e. The van der Waals surface area contributed by atoms with Crippen molar-refractivity contribution in [2.45, 2.75) is 37.1 Å². The normalized spacial score (nSPS) is 19.0. The molecule has 116 valence electrons. The molecule has 1 unspecified atom stereocenters. The molecule has 1 atom stereocenters. The summed E-state index contributed by atoms with van der Waals surface area (Å²) in [6.45, 7) is 2.55. The molecular formula is C13H16ClFN2O3S. The number of nitrogens with two attached hydrogens (primary N) is 1. The van der Waals surface area contributed by atoms with E-state index < -0.39 is 26.6 Å². The van der Waals surface area contributed by atoms with Crippen LogP contribution in [0.15, 0.2) is 17.0 Å². The van der Waals surface area contributed by atoms with E-state index in [1.807, 2.05) is 6.92 Å². The van der Waals surface area contributed by atoms with E-state index in [0.29, 0.717) is 6.54 Å². The monoisotopic (exact) mass is 334 g/mol. The number of nitrogens with zero attached hydrogens (tertiary/aromatic N) is 1. The Kier molecular flexibility index (Phi) is 4.55. The highest BCUT2D eigenvalue weighted by molar-refractivity contribution is 7.89. The first-order chi connectivity index (χ1) is 9.75. The number of amides is 1. The number of carbonyl (C=O) groups is 1. The Hall–Kier alpha value is -1.18. The molecule has 0 aromatic heterocycles. The maximum atomic E-state index is 13.6. The van der Waals surface area contributed by atoms with Gasteiger partial charge in [-0.2, -0.15) is 0 Å². The molecule has 21 heavy (non-hydrogen) atoms. The van der Waals surface area contributed by atoms with Crippen molar-refractivity contribution in [2.75, 3.05) is 6.54 Å². The van der Waals surface area contributed by atoms with Gasteiger partial charge in [0.15, 0.2) is 0 Å². The zero-order valence-electron chi connectivity index (χ0n) is 11.5. The number of halogens is 2. The molecule has 0 bridgehead atoms. The smallest absolute Gasteiger partial charge is 0.255 e. The molecule has 0 radical (unpaired) electrons. The summed E-state index contributed by atoms with van der Waals surface area (Å²) >= 11 is 5.89. The average Bonchev–Trinajstić information content (AvgIpc) is 2.84. The van der Waals surface area contributed by atoms with Crippen molar-refractivity contribution in [1.29, 1.82) is 0 Å². The van der Waals surface area contributed by atoms with Crippen LogP contribution in [0.5, 0.6) is 0 Å². The molecule has 2 N–H and O–H groups in total. The number of carbonyl (C=O) groups excluding carboxylic acids is 1. The molecule has 1 aliphatic rings. The number of hydrogen-bond donors (Lipinski definition) is 1. The van der Waals surface area contributed by atoms with Crippen molar-refractivity contribution >= 4 is 27.5 Å². The van der Waals surface area contributed by atoms with Crippen LogP contribution in [-0.4, -0.2) is 31.8 Å². The fourth-order valence-corrected chi connectivity index (χ4v) is 3.44. The lowest BCUT2D eigenvalue weighted by Gasteiger charge is -2.24. The lowest BCUT2D eigenvalue weighted by Crippen LogP contribution is -2.35. The minimum atomic E-state index is -4.25. The van der Waals surface area contributed by atoms with Gasteiger partial charge in [0.1, 0.15) is 10.7 Å². The summed E-state index contributed by atoms with van der Waals surface area (Å²) in [5.41, 5.74) is -0.0394. The van der Waals surface area contributed by atoms with E-state index in [2.05, 4.69) is 0 Å². The maximum Gasteiger partial charge on any atom is 0.255 e. The lowest BCUT2D eigenvalue weighted by atomic mass is 10.1. The topological polar surface area (TPSA) is 80.5 Å². The van der Waals surface area contributed by atoms with Gasteiger partial charge >= 0.3 is 0 Å². The van der Waals surface area contributed by atoms with E-state index in [4.69, 9.17) is 16.7 Å². The van der Waals surface area contributed by atoms with E-state index >= 15 is 0 Å². The molecule has 0 aliphatic carbocycles. The van der Waals surface area contributed by atoms with Crippen LogP contribution >= 0.6 is 11.6 Å². The van der Waals surface area contributed by atoms with Gasteiger partial charge in [0.2, 0.25) is 10.0 Å². The molecule has 1 fully saturated rings. The van der Waals surface area contributed by atoms with Gasteiger partial charge < -0.3 is 4.90 Å². The van der Waals surface area contributed by atoms with Crippen molar-refractivity contribution in [2.24, 2.45) is 5.14 Å². The molecule has 1 aliphatic heterocycles. The van der Waals surface area contributed by atoms with Gasteiger partial charge in [-0.1, -0.05) is 18.5 Å². The van der Waals surface area contributed by atoms with E-state index in [1.54, 1.807) is 4.90 Å². The van der Waals surface area contributed by atoms with Gasteiger partial charge in [0.25, 0.3) is 5.91 Å². The predicted molar refractivity (Wildman–Crippen MR) is 77.1 cm³/mol. The van der Waals surface area contributed by atoms with E-state index in [9.17, 15) is 17.6 Å². The number of benzene rings is 1. The summed E-state index contributed by atoms with van der Waals surface area (Å²) in [4.78, 5) is 13.4. The number of likely N-dealkylation sites (tertiary alicyclic amines) is 1. The molecule has 0 spiro atoms. The Morgan fingerprint density at radius 2 is 2.19 bits per heavy atom. The van der Waals surface area contributed by atoms with Crippen LogP contribution < -0.4 is 5.14 Å². The van der Waals surface area contributed by atoms with Gasteiger partial charge in [-0.05, 0) is 31.4 Å². The third kappa shape index (κ3) is 3.20. The molecule has 5 nitrogen and oxygen atoms in total. The fraction of sp³-hybridized carbons (Fsp3) is 0.462. The van der Waals surface area contributed by atoms with Crippen molar-refractivity contribution in [1.82, 2.24) is 4.90 Å². The predicted octanol–water partition coefficient (Wildman–Crippen LogP) is 2.14. The van der Waals surface area contributed by atoms with Crippen LogP contribution in [0.25, 0.3) is 0 Å². The van der Waals surface area contributed by atoms with E-state index in [0.717, 1.165) is 31.4 Å².